The van der Waals surface area contributed by atoms with Crippen LogP contribution in [-0.4, -0.2) is 0 Å². The van der Waals surface area contributed by atoms with Gasteiger partial charge in [-0.25, -0.2) is 0 Å². The largest absolute Gasteiger partial charge is 3.00 e. The Labute approximate surface area is 210 Å². The van der Waals surface area contributed by atoms with Crippen LogP contribution in [0.3, 0.4) is 0 Å². The molecule has 1 unspecified atom stereocenters. The summed E-state index contributed by atoms with van der Waals surface area (Å²) in [7, 11) is 0. The Morgan fingerprint density at radius 3 is 2.10 bits per heavy atom. The summed E-state index contributed by atoms with van der Waals surface area (Å²) in [6.45, 7) is 4.58. The number of hydrogen-bond donors (Lipinski definition) is 0. The minimum atomic E-state index is 0. The van der Waals surface area contributed by atoms with E-state index in [1.807, 2.05) is 0 Å². The van der Waals surface area contributed by atoms with Gasteiger partial charge in [0.1, 0.15) is 0 Å². The van der Waals surface area contributed by atoms with Gasteiger partial charge in [-0.15, -0.1) is 34.5 Å². The van der Waals surface area contributed by atoms with Crippen molar-refractivity contribution in [2.75, 3.05) is 0 Å². The molecular weight excluding hydrogens is 486 g/mol. The fourth-order valence-electron chi connectivity index (χ4n) is 4.29. The summed E-state index contributed by atoms with van der Waals surface area (Å²) in [5.74, 6) is 0.596. The molecule has 0 saturated carbocycles. The maximum Gasteiger partial charge on any atom is 3.00 e. The summed E-state index contributed by atoms with van der Waals surface area (Å²) in [4.78, 5) is 0. The SMILES string of the molecule is CCC(C)c1cc2c(-c3cc4ccccc4c4ccccc34)cccc2[cH-]1.[Cl-].[Cl-].[Zr+3]. The molecule has 0 N–H and O–H groups in total. The van der Waals surface area contributed by atoms with Crippen LogP contribution in [0, 0.1) is 0 Å². The molecule has 0 nitrogen and oxygen atoms in total. The normalized spacial score (nSPS) is 11.5. The first-order valence-electron chi connectivity index (χ1n) is 9.86. The van der Waals surface area contributed by atoms with Crippen molar-refractivity contribution >= 4 is 32.3 Å². The van der Waals surface area contributed by atoms with E-state index in [1.165, 1.54) is 55.4 Å². The van der Waals surface area contributed by atoms with Gasteiger partial charge in [-0.1, -0.05) is 80.4 Å². The second-order valence-corrected chi connectivity index (χ2v) is 7.60. The predicted octanol–water partition coefficient (Wildman–Crippen LogP) is 2.05. The molecular formula is C27H23Cl2Zr. The fourth-order valence-corrected chi connectivity index (χ4v) is 4.29. The molecule has 0 aromatic heterocycles. The topological polar surface area (TPSA) is 0 Å². The molecule has 5 aromatic carbocycles. The van der Waals surface area contributed by atoms with Crippen LogP contribution in [0.5, 0.6) is 0 Å². The molecule has 0 spiro atoms. The van der Waals surface area contributed by atoms with Crippen LogP contribution in [-0.2, 0) is 26.2 Å². The van der Waals surface area contributed by atoms with Crippen LogP contribution in [0.2, 0.25) is 0 Å². The number of halogens is 2. The van der Waals surface area contributed by atoms with Crippen molar-refractivity contribution in [1.29, 1.82) is 0 Å². The summed E-state index contributed by atoms with van der Waals surface area (Å²) in [6, 6.07) is 31.4. The maximum absolute atomic E-state index is 2.41. The Kier molecular flexibility index (Phi) is 8.40. The molecule has 0 aliphatic carbocycles. The zero-order chi connectivity index (χ0) is 18.4. The van der Waals surface area contributed by atoms with E-state index in [-0.39, 0.29) is 51.0 Å². The first-order chi connectivity index (χ1) is 13.3. The maximum atomic E-state index is 2.41. The van der Waals surface area contributed by atoms with Crippen molar-refractivity contribution in [2.45, 2.75) is 26.2 Å². The van der Waals surface area contributed by atoms with Gasteiger partial charge in [0.2, 0.25) is 0 Å². The summed E-state index contributed by atoms with van der Waals surface area (Å²) in [5, 5.41) is 8.00. The predicted molar refractivity (Wildman–Crippen MR) is 119 cm³/mol. The Morgan fingerprint density at radius 1 is 0.700 bits per heavy atom. The molecule has 149 valence electrons. The molecule has 5 aromatic rings. The van der Waals surface area contributed by atoms with E-state index in [9.17, 15) is 0 Å². The standard InChI is InChI=1S/C27H23.2ClH.Zr/c1-3-18(2)21-15-19-10-8-14-25(26(19)17-21)27-16-20-9-4-5-11-22(20)23-12-6-7-13-24(23)27;;;/h4-18H,3H2,1-2H3;2*1H;/q-1;;;+3/p-2. The summed E-state index contributed by atoms with van der Waals surface area (Å²) >= 11 is 0. The van der Waals surface area contributed by atoms with E-state index in [0.29, 0.717) is 5.92 Å². The van der Waals surface area contributed by atoms with Crippen LogP contribution in [0.1, 0.15) is 31.7 Å². The van der Waals surface area contributed by atoms with E-state index in [4.69, 9.17) is 0 Å². The zero-order valence-electron chi connectivity index (χ0n) is 17.1. The Bertz CT molecular complexity index is 1290. The van der Waals surface area contributed by atoms with Crippen molar-refractivity contribution in [3.63, 3.8) is 0 Å². The van der Waals surface area contributed by atoms with E-state index in [0.717, 1.165) is 0 Å². The van der Waals surface area contributed by atoms with Crippen molar-refractivity contribution in [3.8, 4) is 11.1 Å². The Hall–Kier alpha value is -1.53. The number of rotatable bonds is 3. The second kappa shape index (κ2) is 10.2. The number of fused-ring (bicyclic) bond motifs is 4. The summed E-state index contributed by atoms with van der Waals surface area (Å²) in [6.07, 6.45) is 1.17. The molecule has 30 heavy (non-hydrogen) atoms. The molecule has 0 aliphatic heterocycles. The van der Waals surface area contributed by atoms with Crippen LogP contribution >= 0.6 is 0 Å². The average Bonchev–Trinajstić information content (AvgIpc) is 3.17. The first-order valence-corrected chi connectivity index (χ1v) is 9.86. The third kappa shape index (κ3) is 4.13. The minimum Gasteiger partial charge on any atom is -1.00 e. The van der Waals surface area contributed by atoms with Gasteiger partial charge in [0.05, 0.1) is 0 Å². The quantitative estimate of drug-likeness (QED) is 0.258. The van der Waals surface area contributed by atoms with Crippen LogP contribution in [0.15, 0.2) is 84.9 Å². The van der Waals surface area contributed by atoms with Gasteiger partial charge in [-0.05, 0) is 39.1 Å². The number of hydrogen-bond acceptors (Lipinski definition) is 0. The van der Waals surface area contributed by atoms with Gasteiger partial charge in [0, 0.05) is 0 Å². The minimum absolute atomic E-state index is 0. The average molecular weight is 510 g/mol. The number of benzene rings is 4. The van der Waals surface area contributed by atoms with E-state index in [1.54, 1.807) is 0 Å². The molecule has 0 aliphatic rings. The molecule has 3 heteroatoms. The molecule has 5 rings (SSSR count). The van der Waals surface area contributed by atoms with Gasteiger partial charge >= 0.3 is 26.2 Å². The van der Waals surface area contributed by atoms with E-state index >= 15 is 0 Å². The Morgan fingerprint density at radius 2 is 1.37 bits per heavy atom. The first kappa shape index (κ1) is 24.7. The summed E-state index contributed by atoms with van der Waals surface area (Å²) in [5.41, 5.74) is 4.12. The van der Waals surface area contributed by atoms with Crippen LogP contribution in [0.4, 0.5) is 0 Å². The smallest absolute Gasteiger partial charge is 1.00 e. The zero-order valence-corrected chi connectivity index (χ0v) is 21.1. The van der Waals surface area contributed by atoms with Gasteiger partial charge in [0.15, 0.2) is 0 Å². The molecule has 0 heterocycles. The summed E-state index contributed by atoms with van der Waals surface area (Å²) < 4.78 is 0. The third-order valence-electron chi connectivity index (χ3n) is 6.01. The van der Waals surface area contributed by atoms with Crippen molar-refractivity contribution < 1.29 is 51.0 Å². The van der Waals surface area contributed by atoms with Gasteiger partial charge in [0.25, 0.3) is 0 Å². The fraction of sp³-hybridized carbons (Fsp3) is 0.148. The molecule has 0 amide bonds. The molecule has 1 atom stereocenters. The van der Waals surface area contributed by atoms with Crippen molar-refractivity contribution in [3.05, 3.63) is 90.5 Å². The monoisotopic (exact) mass is 507 g/mol. The molecule has 0 saturated heterocycles. The van der Waals surface area contributed by atoms with Crippen LogP contribution < -0.4 is 24.8 Å². The molecule has 0 fully saturated rings. The van der Waals surface area contributed by atoms with Gasteiger partial charge < -0.3 is 24.8 Å². The second-order valence-electron chi connectivity index (χ2n) is 7.60. The molecule has 0 bridgehead atoms. The Balaban J connectivity index is 0.00000107. The van der Waals surface area contributed by atoms with Crippen molar-refractivity contribution in [1.82, 2.24) is 0 Å². The van der Waals surface area contributed by atoms with Gasteiger partial charge in [-0.2, -0.15) is 6.07 Å². The van der Waals surface area contributed by atoms with Crippen LogP contribution in [0.25, 0.3) is 43.4 Å². The molecule has 1 radical (unpaired) electrons. The van der Waals surface area contributed by atoms with E-state index < -0.39 is 0 Å². The third-order valence-corrected chi connectivity index (χ3v) is 6.01. The van der Waals surface area contributed by atoms with Gasteiger partial charge in [-0.3, -0.25) is 0 Å². The van der Waals surface area contributed by atoms with E-state index in [2.05, 4.69) is 98.8 Å². The van der Waals surface area contributed by atoms with Crippen molar-refractivity contribution in [2.24, 2.45) is 0 Å².